The quantitative estimate of drug-likeness (QED) is 0.803. The van der Waals surface area contributed by atoms with E-state index in [9.17, 15) is 14.0 Å². The van der Waals surface area contributed by atoms with Crippen molar-refractivity contribution in [2.75, 3.05) is 6.61 Å². The summed E-state index contributed by atoms with van der Waals surface area (Å²) in [5.74, 6) is -2.54. The first-order valence-electron chi connectivity index (χ1n) is 5.46. The molecule has 1 amide bonds. The summed E-state index contributed by atoms with van der Waals surface area (Å²) in [5, 5.41) is 20.4. The summed E-state index contributed by atoms with van der Waals surface area (Å²) in [4.78, 5) is 22.8. The third-order valence-corrected chi connectivity index (χ3v) is 4.24. The number of carbonyl (C=O) groups is 2. The standard InChI is InChI=1S/C12H9ClFNO4S/c13-9-6-2-1-5(14)3-8(6)20-10(9)11(17)15-7(4-16)12(18)19/h1-3,7,16H,4H2,(H,15,17)(H,18,19)/t7-/m1/s1. The predicted octanol–water partition coefficient (Wildman–Crippen LogP) is 1.87. The maximum atomic E-state index is 13.1. The van der Waals surface area contributed by atoms with Crippen LogP contribution in [0.25, 0.3) is 10.1 Å². The lowest BCUT2D eigenvalue weighted by atomic mass is 10.2. The lowest BCUT2D eigenvalue weighted by Gasteiger charge is -2.10. The molecule has 2 rings (SSSR count). The number of thiophene rings is 1. The van der Waals surface area contributed by atoms with Gasteiger partial charge in [-0.15, -0.1) is 11.3 Å². The summed E-state index contributed by atoms with van der Waals surface area (Å²) in [6.45, 7) is -0.738. The number of rotatable bonds is 4. The zero-order valence-electron chi connectivity index (χ0n) is 9.89. The molecule has 0 radical (unpaired) electrons. The van der Waals surface area contributed by atoms with Crippen molar-refractivity contribution in [1.29, 1.82) is 0 Å². The molecule has 2 aromatic rings. The first kappa shape index (κ1) is 14.7. The van der Waals surface area contributed by atoms with Crippen LogP contribution in [0.1, 0.15) is 9.67 Å². The van der Waals surface area contributed by atoms with Gasteiger partial charge in [0.15, 0.2) is 6.04 Å². The summed E-state index contributed by atoms with van der Waals surface area (Å²) in [6.07, 6.45) is 0. The van der Waals surface area contributed by atoms with Crippen LogP contribution in [-0.2, 0) is 4.79 Å². The molecule has 20 heavy (non-hydrogen) atoms. The number of hydrogen-bond acceptors (Lipinski definition) is 4. The molecular weight excluding hydrogens is 309 g/mol. The average molecular weight is 318 g/mol. The molecule has 1 atom stereocenters. The lowest BCUT2D eigenvalue weighted by Crippen LogP contribution is -2.43. The minimum atomic E-state index is -1.42. The average Bonchev–Trinajstić information content (AvgIpc) is 2.72. The van der Waals surface area contributed by atoms with Crippen molar-refractivity contribution < 1.29 is 24.2 Å². The SMILES string of the molecule is O=C(N[C@H](CO)C(=O)O)c1sc2cc(F)ccc2c1Cl. The van der Waals surface area contributed by atoms with E-state index in [-0.39, 0.29) is 9.90 Å². The Morgan fingerprint density at radius 1 is 1.45 bits per heavy atom. The van der Waals surface area contributed by atoms with Crippen molar-refractivity contribution in [3.05, 3.63) is 33.9 Å². The number of carboxylic acids is 1. The van der Waals surface area contributed by atoms with E-state index < -0.39 is 30.3 Å². The fraction of sp³-hybridized carbons (Fsp3) is 0.167. The van der Waals surface area contributed by atoms with Gasteiger partial charge in [-0.2, -0.15) is 0 Å². The second-order valence-electron chi connectivity index (χ2n) is 3.93. The van der Waals surface area contributed by atoms with Gasteiger partial charge in [0.05, 0.1) is 11.6 Å². The zero-order valence-corrected chi connectivity index (χ0v) is 11.5. The molecule has 5 nitrogen and oxygen atoms in total. The third kappa shape index (κ3) is 2.74. The number of aliphatic hydroxyl groups is 1. The van der Waals surface area contributed by atoms with Gasteiger partial charge in [-0.3, -0.25) is 4.79 Å². The Kier molecular flexibility index (Phi) is 4.22. The van der Waals surface area contributed by atoms with Crippen LogP contribution in [0.15, 0.2) is 18.2 Å². The van der Waals surface area contributed by atoms with Gasteiger partial charge in [0.1, 0.15) is 10.7 Å². The van der Waals surface area contributed by atoms with Crippen LogP contribution in [0.3, 0.4) is 0 Å². The Morgan fingerprint density at radius 2 is 2.15 bits per heavy atom. The van der Waals surface area contributed by atoms with E-state index >= 15 is 0 Å². The summed E-state index contributed by atoms with van der Waals surface area (Å²) in [7, 11) is 0. The Morgan fingerprint density at radius 3 is 2.75 bits per heavy atom. The first-order chi connectivity index (χ1) is 9.43. The van der Waals surface area contributed by atoms with E-state index in [0.717, 1.165) is 11.3 Å². The maximum absolute atomic E-state index is 13.1. The van der Waals surface area contributed by atoms with Crippen LogP contribution in [0.5, 0.6) is 0 Å². The summed E-state index contributed by atoms with van der Waals surface area (Å²) in [5.41, 5.74) is 0. The minimum absolute atomic E-state index is 0.0759. The van der Waals surface area contributed by atoms with E-state index in [4.69, 9.17) is 21.8 Å². The highest BCUT2D eigenvalue weighted by Gasteiger charge is 2.23. The van der Waals surface area contributed by atoms with Crippen molar-refractivity contribution in [3.8, 4) is 0 Å². The van der Waals surface area contributed by atoms with Crippen LogP contribution in [0.4, 0.5) is 4.39 Å². The highest BCUT2D eigenvalue weighted by atomic mass is 35.5. The van der Waals surface area contributed by atoms with Gasteiger partial charge in [0.25, 0.3) is 5.91 Å². The second kappa shape index (κ2) is 5.74. The summed E-state index contributed by atoms with van der Waals surface area (Å²) in [6, 6.07) is 2.49. The van der Waals surface area contributed by atoms with Crippen LogP contribution in [0.2, 0.25) is 5.02 Å². The molecule has 8 heteroatoms. The van der Waals surface area contributed by atoms with E-state index in [0.29, 0.717) is 10.1 Å². The van der Waals surface area contributed by atoms with Crippen LogP contribution in [0, 0.1) is 5.82 Å². The Bertz CT molecular complexity index is 687. The molecule has 0 spiro atoms. The molecule has 1 aromatic heterocycles. The zero-order chi connectivity index (χ0) is 14.9. The fourth-order valence-electron chi connectivity index (χ4n) is 1.59. The normalized spacial score (nSPS) is 12.3. The van der Waals surface area contributed by atoms with Gasteiger partial charge in [-0.1, -0.05) is 11.6 Å². The van der Waals surface area contributed by atoms with Gasteiger partial charge in [0, 0.05) is 10.1 Å². The molecule has 1 heterocycles. The van der Waals surface area contributed by atoms with Crippen molar-refractivity contribution >= 4 is 44.9 Å². The number of aliphatic carboxylic acids is 1. The molecule has 0 saturated heterocycles. The van der Waals surface area contributed by atoms with Gasteiger partial charge < -0.3 is 15.5 Å². The maximum Gasteiger partial charge on any atom is 0.328 e. The highest BCUT2D eigenvalue weighted by molar-refractivity contribution is 7.21. The third-order valence-electron chi connectivity index (χ3n) is 2.58. The van der Waals surface area contributed by atoms with Crippen molar-refractivity contribution in [2.24, 2.45) is 0 Å². The van der Waals surface area contributed by atoms with E-state index in [1.165, 1.54) is 18.2 Å². The summed E-state index contributed by atoms with van der Waals surface area (Å²) < 4.78 is 13.6. The molecule has 0 aliphatic heterocycles. The number of nitrogens with one attached hydrogen (secondary N) is 1. The molecule has 106 valence electrons. The van der Waals surface area contributed by atoms with Crippen molar-refractivity contribution in [3.63, 3.8) is 0 Å². The molecular formula is C12H9ClFNO4S. The monoisotopic (exact) mass is 317 g/mol. The largest absolute Gasteiger partial charge is 0.480 e. The highest BCUT2D eigenvalue weighted by Crippen LogP contribution is 2.35. The van der Waals surface area contributed by atoms with E-state index in [2.05, 4.69) is 5.32 Å². The number of carboxylic acid groups (broad SMARTS) is 1. The molecule has 0 aliphatic carbocycles. The molecule has 0 saturated carbocycles. The van der Waals surface area contributed by atoms with Crippen LogP contribution < -0.4 is 5.32 Å². The van der Waals surface area contributed by atoms with Gasteiger partial charge >= 0.3 is 5.97 Å². The number of halogens is 2. The molecule has 0 fully saturated rings. The van der Waals surface area contributed by atoms with Crippen LogP contribution in [-0.4, -0.2) is 34.7 Å². The molecule has 3 N–H and O–H groups in total. The van der Waals surface area contributed by atoms with Crippen molar-refractivity contribution in [2.45, 2.75) is 6.04 Å². The number of fused-ring (bicyclic) bond motifs is 1. The first-order valence-corrected chi connectivity index (χ1v) is 6.65. The smallest absolute Gasteiger partial charge is 0.328 e. The molecule has 0 aliphatic rings. The Labute approximate surface area is 121 Å². The number of carbonyl (C=O) groups excluding carboxylic acids is 1. The second-order valence-corrected chi connectivity index (χ2v) is 5.36. The van der Waals surface area contributed by atoms with Crippen molar-refractivity contribution in [1.82, 2.24) is 5.32 Å². The number of aliphatic hydroxyl groups excluding tert-OH is 1. The molecule has 0 bridgehead atoms. The molecule has 1 aromatic carbocycles. The Balaban J connectivity index is 2.35. The van der Waals surface area contributed by atoms with Gasteiger partial charge in [0.2, 0.25) is 0 Å². The summed E-state index contributed by atoms with van der Waals surface area (Å²) >= 11 is 6.98. The number of amides is 1. The lowest BCUT2D eigenvalue weighted by molar-refractivity contribution is -0.140. The Hall–Kier alpha value is -1.70. The minimum Gasteiger partial charge on any atom is -0.480 e. The predicted molar refractivity (Wildman–Crippen MR) is 72.8 cm³/mol. The van der Waals surface area contributed by atoms with Gasteiger partial charge in [-0.25, -0.2) is 9.18 Å². The van der Waals surface area contributed by atoms with E-state index in [1.54, 1.807) is 0 Å². The fourth-order valence-corrected chi connectivity index (χ4v) is 3.04. The number of benzene rings is 1. The topological polar surface area (TPSA) is 86.6 Å². The van der Waals surface area contributed by atoms with Gasteiger partial charge in [-0.05, 0) is 18.2 Å². The number of hydrogen-bond donors (Lipinski definition) is 3. The van der Waals surface area contributed by atoms with Crippen LogP contribution >= 0.6 is 22.9 Å². The van der Waals surface area contributed by atoms with E-state index in [1.807, 2.05) is 0 Å². The molecule has 0 unspecified atom stereocenters.